The predicted molar refractivity (Wildman–Crippen MR) is 85.2 cm³/mol. The Labute approximate surface area is 141 Å². The van der Waals surface area contributed by atoms with Gasteiger partial charge in [-0.25, -0.2) is 0 Å². The fraction of sp³-hybridized carbons (Fsp3) is 0.312. The van der Waals surface area contributed by atoms with Gasteiger partial charge in [-0.2, -0.15) is 13.2 Å². The second-order valence-corrected chi connectivity index (χ2v) is 5.41. The number of hydrogen-bond acceptors (Lipinski definition) is 5. The van der Waals surface area contributed by atoms with Gasteiger partial charge in [-0.05, 0) is 24.3 Å². The molecule has 0 saturated carbocycles. The number of anilines is 2. The Bertz CT molecular complexity index is 744. The zero-order chi connectivity index (χ0) is 17.9. The maximum absolute atomic E-state index is 12.3. The highest BCUT2D eigenvalue weighted by atomic mass is 19.4. The van der Waals surface area contributed by atoms with Crippen LogP contribution in [0, 0.1) is 0 Å². The second-order valence-electron chi connectivity index (χ2n) is 5.41. The second kappa shape index (κ2) is 7.06. The number of nitrogens with zero attached hydrogens (tertiary/aromatic N) is 3. The molecule has 3 rings (SSSR count). The van der Waals surface area contributed by atoms with Crippen LogP contribution in [0.15, 0.2) is 36.4 Å². The Hall–Kier alpha value is -2.68. The first kappa shape index (κ1) is 17.2. The lowest BCUT2D eigenvalue weighted by Crippen LogP contribution is -2.36. The molecule has 0 spiro atoms. The molecule has 1 amide bonds. The van der Waals surface area contributed by atoms with Gasteiger partial charge in [0, 0.05) is 24.3 Å². The maximum atomic E-state index is 12.3. The van der Waals surface area contributed by atoms with Gasteiger partial charge in [-0.1, -0.05) is 12.1 Å². The molecule has 9 heteroatoms. The molecule has 25 heavy (non-hydrogen) atoms. The molecule has 1 N–H and O–H groups in total. The lowest BCUT2D eigenvalue weighted by molar-refractivity contribution is -0.167. The van der Waals surface area contributed by atoms with Gasteiger partial charge in [0.2, 0.25) is 0 Å². The third kappa shape index (κ3) is 4.24. The van der Waals surface area contributed by atoms with Gasteiger partial charge < -0.3 is 15.0 Å². The van der Waals surface area contributed by atoms with Crippen molar-refractivity contribution in [3.63, 3.8) is 0 Å². The van der Waals surface area contributed by atoms with E-state index in [-0.39, 0.29) is 5.69 Å². The highest BCUT2D eigenvalue weighted by molar-refractivity contribution is 5.95. The van der Waals surface area contributed by atoms with E-state index in [4.69, 9.17) is 4.74 Å². The van der Waals surface area contributed by atoms with Crippen LogP contribution in [0.25, 0.3) is 11.3 Å². The molecule has 0 radical (unpaired) electrons. The van der Waals surface area contributed by atoms with Crippen molar-refractivity contribution in [3.8, 4) is 11.3 Å². The lowest BCUT2D eigenvalue weighted by Gasteiger charge is -2.27. The van der Waals surface area contributed by atoms with Crippen LogP contribution in [0.5, 0.6) is 0 Å². The number of benzene rings is 1. The minimum absolute atomic E-state index is 0.0406. The van der Waals surface area contributed by atoms with Crippen molar-refractivity contribution < 1.29 is 22.7 Å². The van der Waals surface area contributed by atoms with E-state index in [0.29, 0.717) is 30.3 Å². The molecule has 1 aliphatic rings. The summed E-state index contributed by atoms with van der Waals surface area (Å²) in [7, 11) is 0. The van der Waals surface area contributed by atoms with Gasteiger partial charge in [0.25, 0.3) is 0 Å². The molecule has 1 saturated heterocycles. The van der Waals surface area contributed by atoms with Gasteiger partial charge in [0.1, 0.15) is 0 Å². The molecule has 1 aromatic heterocycles. The summed E-state index contributed by atoms with van der Waals surface area (Å²) in [6.45, 7) is 2.72. The molecular formula is C16H15F3N4O2. The van der Waals surface area contributed by atoms with Crippen LogP contribution < -0.4 is 10.2 Å². The minimum Gasteiger partial charge on any atom is -0.378 e. The fourth-order valence-electron chi connectivity index (χ4n) is 2.40. The quantitative estimate of drug-likeness (QED) is 0.919. The van der Waals surface area contributed by atoms with E-state index >= 15 is 0 Å². The molecule has 0 bridgehead atoms. The van der Waals surface area contributed by atoms with Crippen LogP contribution >= 0.6 is 0 Å². The van der Waals surface area contributed by atoms with Crippen molar-refractivity contribution in [1.82, 2.24) is 10.2 Å². The lowest BCUT2D eigenvalue weighted by atomic mass is 10.1. The molecule has 1 aliphatic heterocycles. The van der Waals surface area contributed by atoms with Crippen LogP contribution in [0.3, 0.4) is 0 Å². The number of nitrogens with one attached hydrogen (secondary N) is 1. The van der Waals surface area contributed by atoms with Gasteiger partial charge in [0.05, 0.1) is 18.9 Å². The highest BCUT2D eigenvalue weighted by Gasteiger charge is 2.38. The Kier molecular flexibility index (Phi) is 4.84. The van der Waals surface area contributed by atoms with Crippen molar-refractivity contribution in [2.45, 2.75) is 6.18 Å². The average Bonchev–Trinajstić information content (AvgIpc) is 2.62. The molecule has 0 aliphatic carbocycles. The predicted octanol–water partition coefficient (Wildman–Crippen LogP) is 2.48. The molecule has 6 nitrogen and oxygen atoms in total. The van der Waals surface area contributed by atoms with Crippen molar-refractivity contribution in [2.24, 2.45) is 0 Å². The highest BCUT2D eigenvalue weighted by Crippen LogP contribution is 2.24. The van der Waals surface area contributed by atoms with Crippen LogP contribution in [0.2, 0.25) is 0 Å². The number of ether oxygens (including phenoxy) is 1. The van der Waals surface area contributed by atoms with E-state index in [1.807, 2.05) is 10.2 Å². The van der Waals surface area contributed by atoms with E-state index in [1.54, 1.807) is 24.3 Å². The Morgan fingerprint density at radius 2 is 1.88 bits per heavy atom. The molecule has 1 fully saturated rings. The number of carbonyl (C=O) groups is 1. The van der Waals surface area contributed by atoms with Crippen molar-refractivity contribution >= 4 is 17.4 Å². The average molecular weight is 352 g/mol. The summed E-state index contributed by atoms with van der Waals surface area (Å²) < 4.78 is 42.3. The normalized spacial score (nSPS) is 15.1. The van der Waals surface area contributed by atoms with E-state index in [9.17, 15) is 18.0 Å². The number of halogens is 3. The maximum Gasteiger partial charge on any atom is 0.471 e. The Morgan fingerprint density at radius 1 is 1.12 bits per heavy atom. The molecule has 0 atom stereocenters. The topological polar surface area (TPSA) is 67.4 Å². The summed E-state index contributed by atoms with van der Waals surface area (Å²) in [5.41, 5.74) is 1.10. The summed E-state index contributed by atoms with van der Waals surface area (Å²) in [6, 6.07) is 9.56. The van der Waals surface area contributed by atoms with E-state index in [2.05, 4.69) is 10.2 Å². The van der Waals surface area contributed by atoms with Crippen molar-refractivity contribution in [1.29, 1.82) is 0 Å². The standard InChI is InChI=1S/C16H15F3N4O2/c17-16(18,19)15(24)20-12-3-1-2-11(10-12)13-4-5-14(22-21-13)23-6-8-25-9-7-23/h1-5,10H,6-9H2,(H,20,24). The number of carbonyl (C=O) groups excluding carboxylic acids is 1. The number of amides is 1. The summed E-state index contributed by atoms with van der Waals surface area (Å²) >= 11 is 0. The number of aromatic nitrogens is 2. The molecule has 1 aromatic carbocycles. The number of morpholine rings is 1. The molecule has 2 heterocycles. The monoisotopic (exact) mass is 352 g/mol. The van der Waals surface area contributed by atoms with E-state index in [1.165, 1.54) is 12.1 Å². The molecule has 2 aromatic rings. The van der Waals surface area contributed by atoms with Crippen molar-refractivity contribution in [3.05, 3.63) is 36.4 Å². The summed E-state index contributed by atoms with van der Waals surface area (Å²) in [5.74, 6) is -1.30. The Balaban J connectivity index is 1.75. The van der Waals surface area contributed by atoms with Gasteiger partial charge in [-0.15, -0.1) is 10.2 Å². The molecule has 0 unspecified atom stereocenters. The zero-order valence-electron chi connectivity index (χ0n) is 13.1. The largest absolute Gasteiger partial charge is 0.471 e. The smallest absolute Gasteiger partial charge is 0.378 e. The van der Waals surface area contributed by atoms with Crippen molar-refractivity contribution in [2.75, 3.05) is 36.5 Å². The van der Waals surface area contributed by atoms with E-state index < -0.39 is 12.1 Å². The zero-order valence-corrected chi connectivity index (χ0v) is 13.1. The summed E-state index contributed by atoms with van der Waals surface area (Å²) in [4.78, 5) is 13.1. The van der Waals surface area contributed by atoms with E-state index in [0.717, 1.165) is 13.1 Å². The summed E-state index contributed by atoms with van der Waals surface area (Å²) in [6.07, 6.45) is -4.93. The third-order valence-corrected chi connectivity index (χ3v) is 3.66. The summed E-state index contributed by atoms with van der Waals surface area (Å²) in [5, 5.41) is 10.1. The first-order valence-electron chi connectivity index (χ1n) is 7.58. The van der Waals surface area contributed by atoms with Crippen LogP contribution in [0.4, 0.5) is 24.7 Å². The number of alkyl halides is 3. The van der Waals surface area contributed by atoms with Gasteiger partial charge in [-0.3, -0.25) is 4.79 Å². The SMILES string of the molecule is O=C(Nc1cccc(-c2ccc(N3CCOCC3)nn2)c1)C(F)(F)F. The van der Waals surface area contributed by atoms with Crippen LogP contribution in [-0.2, 0) is 9.53 Å². The minimum atomic E-state index is -4.93. The first-order valence-corrected chi connectivity index (χ1v) is 7.58. The van der Waals surface area contributed by atoms with Crippen LogP contribution in [0.1, 0.15) is 0 Å². The third-order valence-electron chi connectivity index (χ3n) is 3.66. The fourth-order valence-corrected chi connectivity index (χ4v) is 2.40. The molecule has 132 valence electrons. The van der Waals surface area contributed by atoms with Gasteiger partial charge >= 0.3 is 12.1 Å². The number of rotatable bonds is 3. The molecular weight excluding hydrogens is 337 g/mol. The van der Waals surface area contributed by atoms with Gasteiger partial charge in [0.15, 0.2) is 5.82 Å². The van der Waals surface area contributed by atoms with Crippen LogP contribution in [-0.4, -0.2) is 48.6 Å². The Morgan fingerprint density at radius 3 is 2.52 bits per heavy atom. The number of hydrogen-bond donors (Lipinski definition) is 1. The first-order chi connectivity index (χ1) is 11.9.